The Hall–Kier alpha value is -2.04. The van der Waals surface area contributed by atoms with Gasteiger partial charge in [-0.3, -0.25) is 4.72 Å². The number of hydrogen-bond acceptors (Lipinski definition) is 4. The van der Waals surface area contributed by atoms with Gasteiger partial charge in [-0.2, -0.15) is 5.26 Å². The summed E-state index contributed by atoms with van der Waals surface area (Å²) in [5.41, 5.74) is 0.794. The molecule has 0 saturated carbocycles. The molecule has 0 bridgehead atoms. The van der Waals surface area contributed by atoms with Gasteiger partial charge in [-0.25, -0.2) is 8.42 Å². The highest BCUT2D eigenvalue weighted by Crippen LogP contribution is 2.32. The molecule has 0 radical (unpaired) electrons. The number of rotatable bonds is 4. The SMILES string of the molecule is N#Cc1ccccc1CS(=O)(=O)Nc1cccc(Br)c1O. The third-order valence-corrected chi connectivity index (χ3v) is 4.60. The highest BCUT2D eigenvalue weighted by atomic mass is 79.9. The number of hydrogen-bond donors (Lipinski definition) is 2. The molecule has 2 rings (SSSR count). The van der Waals surface area contributed by atoms with Crippen molar-refractivity contribution in [3.8, 4) is 11.8 Å². The summed E-state index contributed by atoms with van der Waals surface area (Å²) in [5.74, 6) is -0.530. The number of nitrogens with one attached hydrogen (secondary N) is 1. The molecular weight excluding hydrogens is 356 g/mol. The zero-order chi connectivity index (χ0) is 15.5. The second kappa shape index (κ2) is 6.16. The maximum Gasteiger partial charge on any atom is 0.237 e. The smallest absolute Gasteiger partial charge is 0.237 e. The standard InChI is InChI=1S/C14H11BrN2O3S/c15-12-6-3-7-13(14(12)18)17-21(19,20)9-11-5-2-1-4-10(11)8-16/h1-7,17-18H,9H2. The van der Waals surface area contributed by atoms with Crippen molar-refractivity contribution in [3.05, 3.63) is 58.1 Å². The van der Waals surface area contributed by atoms with E-state index in [-0.39, 0.29) is 17.2 Å². The molecule has 21 heavy (non-hydrogen) atoms. The van der Waals surface area contributed by atoms with E-state index in [1.165, 1.54) is 6.07 Å². The van der Waals surface area contributed by atoms with Crippen LogP contribution in [-0.4, -0.2) is 13.5 Å². The van der Waals surface area contributed by atoms with Crippen LogP contribution in [0.2, 0.25) is 0 Å². The Kier molecular flexibility index (Phi) is 4.50. The quantitative estimate of drug-likeness (QED) is 0.813. The van der Waals surface area contributed by atoms with Crippen molar-refractivity contribution in [2.45, 2.75) is 5.75 Å². The molecule has 0 aliphatic carbocycles. The van der Waals surface area contributed by atoms with Gasteiger partial charge in [0.2, 0.25) is 10.0 Å². The Morgan fingerprint density at radius 3 is 2.62 bits per heavy atom. The fraction of sp³-hybridized carbons (Fsp3) is 0.0714. The van der Waals surface area contributed by atoms with Crippen LogP contribution in [0.5, 0.6) is 5.75 Å². The number of benzene rings is 2. The first-order valence-corrected chi connectivity index (χ1v) is 8.33. The summed E-state index contributed by atoms with van der Waals surface area (Å²) >= 11 is 3.12. The topological polar surface area (TPSA) is 90.2 Å². The van der Waals surface area contributed by atoms with Crippen LogP contribution in [-0.2, 0) is 15.8 Å². The zero-order valence-corrected chi connectivity index (χ0v) is 13.1. The second-order valence-corrected chi connectivity index (χ2v) is 6.84. The first kappa shape index (κ1) is 15.4. The summed E-state index contributed by atoms with van der Waals surface area (Å²) in [6, 6.07) is 13.1. The minimum absolute atomic E-state index is 0.0822. The molecule has 0 saturated heterocycles. The average Bonchev–Trinajstić information content (AvgIpc) is 2.44. The number of phenols is 1. The van der Waals surface area contributed by atoms with Gasteiger partial charge < -0.3 is 5.11 Å². The lowest BCUT2D eigenvalue weighted by Gasteiger charge is -2.11. The van der Waals surface area contributed by atoms with Crippen molar-refractivity contribution in [1.82, 2.24) is 0 Å². The molecule has 2 N–H and O–H groups in total. The average molecular weight is 367 g/mol. The fourth-order valence-corrected chi connectivity index (χ4v) is 3.36. The van der Waals surface area contributed by atoms with Crippen LogP contribution in [0.25, 0.3) is 0 Å². The van der Waals surface area contributed by atoms with Crippen LogP contribution in [0.3, 0.4) is 0 Å². The van der Waals surface area contributed by atoms with E-state index in [1.54, 1.807) is 36.4 Å². The zero-order valence-electron chi connectivity index (χ0n) is 10.7. The fourth-order valence-electron chi connectivity index (χ4n) is 1.76. The molecule has 0 spiro atoms. The van der Waals surface area contributed by atoms with Crippen molar-refractivity contribution in [2.24, 2.45) is 0 Å². The summed E-state index contributed by atoms with van der Waals surface area (Å²) in [5, 5.41) is 18.8. The second-order valence-electron chi connectivity index (χ2n) is 4.27. The molecule has 0 aromatic heterocycles. The number of nitriles is 1. The molecule has 2 aromatic rings. The molecule has 0 amide bonds. The van der Waals surface area contributed by atoms with Gasteiger partial charge in [-0.05, 0) is 39.7 Å². The molecule has 0 atom stereocenters. The van der Waals surface area contributed by atoms with Crippen molar-refractivity contribution in [2.75, 3.05) is 4.72 Å². The molecule has 0 aliphatic rings. The largest absolute Gasteiger partial charge is 0.505 e. The van der Waals surface area contributed by atoms with Crippen molar-refractivity contribution in [3.63, 3.8) is 0 Å². The van der Waals surface area contributed by atoms with E-state index in [0.29, 0.717) is 15.6 Å². The molecule has 7 heteroatoms. The van der Waals surface area contributed by atoms with Crippen LogP contribution >= 0.6 is 15.9 Å². The number of sulfonamides is 1. The number of anilines is 1. The monoisotopic (exact) mass is 366 g/mol. The first-order valence-electron chi connectivity index (χ1n) is 5.89. The van der Waals surface area contributed by atoms with E-state index < -0.39 is 10.0 Å². The Labute approximate surface area is 131 Å². The maximum absolute atomic E-state index is 12.2. The summed E-state index contributed by atoms with van der Waals surface area (Å²) < 4.78 is 27.0. The predicted molar refractivity (Wildman–Crippen MR) is 83.2 cm³/mol. The third kappa shape index (κ3) is 3.74. The summed E-state index contributed by atoms with van der Waals surface area (Å²) in [6.45, 7) is 0. The van der Waals surface area contributed by atoms with Crippen LogP contribution in [0, 0.1) is 11.3 Å². The van der Waals surface area contributed by atoms with Gasteiger partial charge in [0.25, 0.3) is 0 Å². The van der Waals surface area contributed by atoms with Gasteiger partial charge in [0.1, 0.15) is 0 Å². The lowest BCUT2D eigenvalue weighted by molar-refractivity contribution is 0.474. The van der Waals surface area contributed by atoms with Crippen molar-refractivity contribution < 1.29 is 13.5 Å². The van der Waals surface area contributed by atoms with E-state index in [2.05, 4.69) is 20.7 Å². The highest BCUT2D eigenvalue weighted by Gasteiger charge is 2.16. The molecule has 0 aliphatic heterocycles. The lowest BCUT2D eigenvalue weighted by atomic mass is 10.1. The third-order valence-electron chi connectivity index (χ3n) is 2.74. The summed E-state index contributed by atoms with van der Waals surface area (Å²) in [7, 11) is -3.74. The highest BCUT2D eigenvalue weighted by molar-refractivity contribution is 9.10. The first-order chi connectivity index (χ1) is 9.93. The van der Waals surface area contributed by atoms with Crippen molar-refractivity contribution in [1.29, 1.82) is 5.26 Å². The molecule has 0 fully saturated rings. The number of para-hydroxylation sites is 1. The Morgan fingerprint density at radius 1 is 1.19 bits per heavy atom. The minimum atomic E-state index is -3.74. The molecule has 108 valence electrons. The van der Waals surface area contributed by atoms with Crippen LogP contribution in [0.4, 0.5) is 5.69 Å². The van der Waals surface area contributed by atoms with Gasteiger partial charge in [0.15, 0.2) is 5.75 Å². The van der Waals surface area contributed by atoms with E-state index in [0.717, 1.165) is 0 Å². The normalized spacial score (nSPS) is 10.9. The molecule has 0 unspecified atom stereocenters. The molecular formula is C14H11BrN2O3S. The number of nitrogens with zero attached hydrogens (tertiary/aromatic N) is 1. The van der Waals surface area contributed by atoms with Gasteiger partial charge in [0, 0.05) is 0 Å². The van der Waals surface area contributed by atoms with Crippen LogP contribution in [0.1, 0.15) is 11.1 Å². The lowest BCUT2D eigenvalue weighted by Crippen LogP contribution is -2.15. The van der Waals surface area contributed by atoms with Crippen LogP contribution in [0.15, 0.2) is 46.9 Å². The van der Waals surface area contributed by atoms with E-state index >= 15 is 0 Å². The van der Waals surface area contributed by atoms with E-state index in [9.17, 15) is 13.5 Å². The predicted octanol–water partition coefficient (Wildman–Crippen LogP) is 2.97. The Balaban J connectivity index is 2.28. The molecule has 2 aromatic carbocycles. The molecule has 5 nitrogen and oxygen atoms in total. The molecule has 0 heterocycles. The summed E-state index contributed by atoms with van der Waals surface area (Å²) in [4.78, 5) is 0. The van der Waals surface area contributed by atoms with Gasteiger partial charge in [-0.15, -0.1) is 0 Å². The summed E-state index contributed by atoms with van der Waals surface area (Å²) in [6.07, 6.45) is 0. The Morgan fingerprint density at radius 2 is 1.90 bits per heavy atom. The number of halogens is 1. The van der Waals surface area contributed by atoms with Crippen LogP contribution < -0.4 is 4.72 Å². The number of phenolic OH excluding ortho intramolecular Hbond substituents is 1. The van der Waals surface area contributed by atoms with E-state index in [4.69, 9.17) is 5.26 Å². The van der Waals surface area contributed by atoms with Gasteiger partial charge in [0.05, 0.1) is 27.5 Å². The van der Waals surface area contributed by atoms with Gasteiger partial charge in [-0.1, -0.05) is 24.3 Å². The maximum atomic E-state index is 12.2. The van der Waals surface area contributed by atoms with Gasteiger partial charge >= 0.3 is 0 Å². The van der Waals surface area contributed by atoms with Crippen molar-refractivity contribution >= 4 is 31.6 Å². The number of aromatic hydroxyl groups is 1. The van der Waals surface area contributed by atoms with E-state index in [1.807, 2.05) is 6.07 Å². The Bertz CT molecular complexity index is 813. The minimum Gasteiger partial charge on any atom is -0.505 e.